The molecule has 0 bridgehead atoms. The molecule has 0 atom stereocenters. The lowest BCUT2D eigenvalue weighted by molar-refractivity contribution is 0.0699. The molecule has 25 heavy (non-hydrogen) atoms. The van der Waals surface area contributed by atoms with Gasteiger partial charge < -0.3 is 10.0 Å². The molecule has 0 aliphatic rings. The molecule has 0 unspecified atom stereocenters. The van der Waals surface area contributed by atoms with Crippen LogP contribution >= 0.6 is 15.9 Å². The van der Waals surface area contributed by atoms with Gasteiger partial charge >= 0.3 is 5.97 Å². The summed E-state index contributed by atoms with van der Waals surface area (Å²) in [4.78, 5) is 18.2. The third-order valence-electron chi connectivity index (χ3n) is 3.88. The summed E-state index contributed by atoms with van der Waals surface area (Å²) in [5.74, 6) is -0.963. The lowest BCUT2D eigenvalue weighted by Gasteiger charge is -2.11. The Morgan fingerprint density at radius 3 is 2.44 bits per heavy atom. The number of anilines is 1. The fraction of sp³-hybridized carbons (Fsp3) is 0.100. The standard InChI is InChI=1S/C20H17BrN2O2/c1-23(2)16-8-4-13(5-9-16)3-7-15-12-18(20(24)25)17-11-14(21)6-10-19(17)22-15/h3-12H,1-2H3,(H,24,25). The van der Waals surface area contributed by atoms with Crippen molar-refractivity contribution in [2.24, 2.45) is 0 Å². The van der Waals surface area contributed by atoms with Crippen molar-refractivity contribution in [2.45, 2.75) is 0 Å². The van der Waals surface area contributed by atoms with Crippen molar-refractivity contribution < 1.29 is 9.90 Å². The number of pyridine rings is 1. The van der Waals surface area contributed by atoms with Crippen LogP contribution < -0.4 is 4.90 Å². The largest absolute Gasteiger partial charge is 0.478 e. The van der Waals surface area contributed by atoms with Crippen molar-refractivity contribution in [2.75, 3.05) is 19.0 Å². The van der Waals surface area contributed by atoms with E-state index in [-0.39, 0.29) is 5.56 Å². The maximum absolute atomic E-state index is 11.6. The van der Waals surface area contributed by atoms with Gasteiger partial charge in [0.05, 0.1) is 16.8 Å². The first-order chi connectivity index (χ1) is 11.9. The van der Waals surface area contributed by atoms with E-state index in [1.807, 2.05) is 67.5 Å². The van der Waals surface area contributed by atoms with E-state index < -0.39 is 5.97 Å². The van der Waals surface area contributed by atoms with Gasteiger partial charge in [-0.15, -0.1) is 0 Å². The number of rotatable bonds is 4. The van der Waals surface area contributed by atoms with Crippen LogP contribution in [0, 0.1) is 0 Å². The molecule has 1 aromatic heterocycles. The summed E-state index contributed by atoms with van der Waals surface area (Å²) < 4.78 is 0.827. The predicted molar refractivity (Wildman–Crippen MR) is 106 cm³/mol. The van der Waals surface area contributed by atoms with Gasteiger partial charge in [0.1, 0.15) is 0 Å². The Labute approximate surface area is 154 Å². The second-order valence-electron chi connectivity index (χ2n) is 5.88. The van der Waals surface area contributed by atoms with E-state index in [2.05, 4.69) is 20.9 Å². The monoisotopic (exact) mass is 396 g/mol. The van der Waals surface area contributed by atoms with Crippen LogP contribution in [0.5, 0.6) is 0 Å². The summed E-state index contributed by atoms with van der Waals surface area (Å²) in [5, 5.41) is 10.1. The smallest absolute Gasteiger partial charge is 0.336 e. The molecular formula is C20H17BrN2O2. The molecule has 0 spiro atoms. The van der Waals surface area contributed by atoms with Crippen molar-refractivity contribution in [3.63, 3.8) is 0 Å². The molecule has 3 rings (SSSR count). The average molecular weight is 397 g/mol. The summed E-state index contributed by atoms with van der Waals surface area (Å²) in [6.07, 6.45) is 3.76. The minimum atomic E-state index is -0.963. The van der Waals surface area contributed by atoms with Gasteiger partial charge in [0, 0.05) is 29.6 Å². The van der Waals surface area contributed by atoms with E-state index in [1.54, 1.807) is 12.1 Å². The number of carbonyl (C=O) groups is 1. The van der Waals surface area contributed by atoms with E-state index in [1.165, 1.54) is 0 Å². The van der Waals surface area contributed by atoms with Crippen LogP contribution in [0.1, 0.15) is 21.6 Å². The first-order valence-electron chi connectivity index (χ1n) is 7.73. The lowest BCUT2D eigenvalue weighted by atomic mass is 10.1. The number of hydrogen-bond donors (Lipinski definition) is 1. The van der Waals surface area contributed by atoms with Gasteiger partial charge in [0.25, 0.3) is 0 Å². The highest BCUT2D eigenvalue weighted by molar-refractivity contribution is 9.10. The Balaban J connectivity index is 1.98. The first-order valence-corrected chi connectivity index (χ1v) is 8.52. The molecule has 0 fully saturated rings. The zero-order valence-corrected chi connectivity index (χ0v) is 15.5. The van der Waals surface area contributed by atoms with Crippen LogP contribution in [0.4, 0.5) is 5.69 Å². The van der Waals surface area contributed by atoms with E-state index in [4.69, 9.17) is 0 Å². The summed E-state index contributed by atoms with van der Waals surface area (Å²) >= 11 is 3.37. The minimum absolute atomic E-state index is 0.244. The molecule has 0 aliphatic carbocycles. The van der Waals surface area contributed by atoms with Gasteiger partial charge in [-0.1, -0.05) is 34.1 Å². The summed E-state index contributed by atoms with van der Waals surface area (Å²) in [7, 11) is 3.99. The van der Waals surface area contributed by atoms with Crippen LogP contribution in [0.2, 0.25) is 0 Å². The normalized spacial score (nSPS) is 11.2. The zero-order valence-electron chi connectivity index (χ0n) is 13.9. The van der Waals surface area contributed by atoms with E-state index in [0.717, 1.165) is 15.7 Å². The van der Waals surface area contributed by atoms with Gasteiger partial charge in [-0.2, -0.15) is 0 Å². The highest BCUT2D eigenvalue weighted by Gasteiger charge is 2.11. The van der Waals surface area contributed by atoms with E-state index >= 15 is 0 Å². The number of hydrogen-bond acceptors (Lipinski definition) is 3. The predicted octanol–water partition coefficient (Wildman–Crippen LogP) is 4.93. The maximum atomic E-state index is 11.6. The Hall–Kier alpha value is -2.66. The van der Waals surface area contributed by atoms with Crippen LogP contribution in [-0.4, -0.2) is 30.2 Å². The number of benzene rings is 2. The number of carboxylic acids is 1. The molecule has 1 N–H and O–H groups in total. The van der Waals surface area contributed by atoms with Crippen molar-refractivity contribution >= 4 is 50.6 Å². The van der Waals surface area contributed by atoms with Gasteiger partial charge in [0.15, 0.2) is 0 Å². The Morgan fingerprint density at radius 2 is 1.80 bits per heavy atom. The van der Waals surface area contributed by atoms with Crippen molar-refractivity contribution in [3.05, 3.63) is 69.8 Å². The van der Waals surface area contributed by atoms with Crippen molar-refractivity contribution in [1.29, 1.82) is 0 Å². The first kappa shape index (κ1) is 17.2. The van der Waals surface area contributed by atoms with Crippen molar-refractivity contribution in [3.8, 4) is 0 Å². The van der Waals surface area contributed by atoms with Gasteiger partial charge in [-0.25, -0.2) is 9.78 Å². The Kier molecular flexibility index (Phi) is 4.86. The molecule has 126 valence electrons. The van der Waals surface area contributed by atoms with Crippen LogP contribution in [-0.2, 0) is 0 Å². The topological polar surface area (TPSA) is 53.4 Å². The molecule has 0 radical (unpaired) electrons. The fourth-order valence-corrected chi connectivity index (χ4v) is 2.91. The molecule has 5 heteroatoms. The number of halogens is 1. The summed E-state index contributed by atoms with van der Waals surface area (Å²) in [6, 6.07) is 15.1. The van der Waals surface area contributed by atoms with Gasteiger partial charge in [-0.3, -0.25) is 0 Å². The van der Waals surface area contributed by atoms with E-state index in [9.17, 15) is 9.90 Å². The molecule has 0 amide bonds. The molecule has 3 aromatic rings. The number of carboxylic acid groups (broad SMARTS) is 1. The lowest BCUT2D eigenvalue weighted by Crippen LogP contribution is -2.07. The number of aromatic carboxylic acids is 1. The fourth-order valence-electron chi connectivity index (χ4n) is 2.55. The molecule has 1 heterocycles. The molecule has 4 nitrogen and oxygen atoms in total. The van der Waals surface area contributed by atoms with Gasteiger partial charge in [0.2, 0.25) is 0 Å². The molecule has 0 saturated heterocycles. The van der Waals surface area contributed by atoms with E-state index in [0.29, 0.717) is 16.6 Å². The third kappa shape index (κ3) is 3.88. The minimum Gasteiger partial charge on any atom is -0.478 e. The Morgan fingerprint density at radius 1 is 1.08 bits per heavy atom. The second-order valence-corrected chi connectivity index (χ2v) is 6.80. The highest BCUT2D eigenvalue weighted by Crippen LogP contribution is 2.24. The SMILES string of the molecule is CN(C)c1ccc(C=Cc2cc(C(=O)O)c3cc(Br)ccc3n2)cc1. The number of fused-ring (bicyclic) bond motifs is 1. The maximum Gasteiger partial charge on any atom is 0.336 e. The number of nitrogens with zero attached hydrogens (tertiary/aromatic N) is 2. The Bertz CT molecular complexity index is 963. The summed E-state index contributed by atoms with van der Waals surface area (Å²) in [6.45, 7) is 0. The summed E-state index contributed by atoms with van der Waals surface area (Å²) in [5.41, 5.74) is 3.67. The van der Waals surface area contributed by atoms with Crippen LogP contribution in [0.15, 0.2) is 53.0 Å². The highest BCUT2D eigenvalue weighted by atomic mass is 79.9. The van der Waals surface area contributed by atoms with Crippen LogP contribution in [0.3, 0.4) is 0 Å². The van der Waals surface area contributed by atoms with Crippen molar-refractivity contribution in [1.82, 2.24) is 4.98 Å². The zero-order chi connectivity index (χ0) is 18.0. The average Bonchev–Trinajstić information content (AvgIpc) is 2.59. The molecule has 0 saturated carbocycles. The third-order valence-corrected chi connectivity index (χ3v) is 4.37. The molecule has 2 aromatic carbocycles. The molecule has 0 aliphatic heterocycles. The quantitative estimate of drug-likeness (QED) is 0.678. The van der Waals surface area contributed by atoms with Crippen LogP contribution in [0.25, 0.3) is 23.1 Å². The van der Waals surface area contributed by atoms with Gasteiger partial charge in [-0.05, 0) is 48.0 Å². The number of aromatic nitrogens is 1. The molecular weight excluding hydrogens is 380 g/mol. The second kappa shape index (κ2) is 7.07.